The molecule has 0 aliphatic heterocycles. The predicted molar refractivity (Wildman–Crippen MR) is 67.7 cm³/mol. The van der Waals surface area contributed by atoms with Crippen LogP contribution in [-0.4, -0.2) is 19.1 Å². The van der Waals surface area contributed by atoms with Gasteiger partial charge < -0.3 is 15.8 Å². The molecule has 3 N–H and O–H groups in total. The average molecular weight is 265 g/mol. The third-order valence-electron chi connectivity index (χ3n) is 2.38. The van der Waals surface area contributed by atoms with Crippen molar-refractivity contribution < 1.29 is 13.9 Å². The molecule has 1 amide bonds. The molecule has 0 saturated carbocycles. The molecule has 1 atom stereocenters. The van der Waals surface area contributed by atoms with E-state index >= 15 is 0 Å². The Morgan fingerprint density at radius 3 is 3.00 bits per heavy atom. The molecule has 0 heterocycles. The van der Waals surface area contributed by atoms with E-state index < -0.39 is 11.9 Å². The molecule has 0 aliphatic carbocycles. The van der Waals surface area contributed by atoms with E-state index in [1.165, 1.54) is 18.2 Å². The van der Waals surface area contributed by atoms with E-state index in [-0.39, 0.29) is 25.5 Å². The number of hydrogen-bond donors (Lipinski definition) is 2. The summed E-state index contributed by atoms with van der Waals surface area (Å²) in [6.07, 6.45) is 0.243. The van der Waals surface area contributed by atoms with Gasteiger partial charge in [0.25, 0.3) is 5.91 Å². The number of carbonyl (C=O) groups is 1. The molecule has 102 valence electrons. The maximum absolute atomic E-state index is 13.1. The number of carbonyl (C=O) groups excluding carboxylic acids is 1. The second-order valence-corrected chi connectivity index (χ2v) is 4.02. The fourth-order valence-electron chi connectivity index (χ4n) is 1.46. The van der Waals surface area contributed by atoms with Crippen LogP contribution in [0.25, 0.3) is 0 Å². The van der Waals surface area contributed by atoms with Gasteiger partial charge in [0.05, 0.1) is 12.5 Å². The molecule has 0 saturated heterocycles. The van der Waals surface area contributed by atoms with E-state index in [1.54, 1.807) is 6.92 Å². The Morgan fingerprint density at radius 1 is 1.63 bits per heavy atom. The Kier molecular flexibility index (Phi) is 5.76. The fraction of sp³-hybridized carbons (Fsp3) is 0.385. The molecule has 0 aromatic heterocycles. The standard InChI is InChI=1S/C13H16FN3O2/c1-9(16)11-7-10(14)3-4-12(11)19-8-13(18)17-6-2-5-15/h3-4,7,9H,2,6,8,16H2,1H3,(H,17,18)/t9-/m0/s1. The van der Waals surface area contributed by atoms with Gasteiger partial charge in [-0.2, -0.15) is 5.26 Å². The molecule has 1 aromatic rings. The number of hydrogen-bond acceptors (Lipinski definition) is 4. The second kappa shape index (κ2) is 7.34. The smallest absolute Gasteiger partial charge is 0.257 e. The molecule has 5 nitrogen and oxygen atoms in total. The van der Waals surface area contributed by atoms with E-state index in [4.69, 9.17) is 15.7 Å². The largest absolute Gasteiger partial charge is 0.483 e. The number of rotatable bonds is 6. The van der Waals surface area contributed by atoms with Gasteiger partial charge in [-0.15, -0.1) is 0 Å². The quantitative estimate of drug-likeness (QED) is 0.758. The Hall–Kier alpha value is -2.13. The Bertz CT molecular complexity index is 483. The molecular weight excluding hydrogens is 249 g/mol. The lowest BCUT2D eigenvalue weighted by Gasteiger charge is -2.13. The van der Waals surface area contributed by atoms with Crippen molar-refractivity contribution in [1.29, 1.82) is 5.26 Å². The van der Waals surface area contributed by atoms with Crippen LogP contribution in [0.5, 0.6) is 5.75 Å². The molecule has 6 heteroatoms. The minimum atomic E-state index is -0.405. The molecule has 19 heavy (non-hydrogen) atoms. The Labute approximate surface area is 111 Å². The highest BCUT2D eigenvalue weighted by molar-refractivity contribution is 5.77. The van der Waals surface area contributed by atoms with E-state index in [0.717, 1.165) is 0 Å². The van der Waals surface area contributed by atoms with Crippen molar-refractivity contribution in [2.24, 2.45) is 5.73 Å². The van der Waals surface area contributed by atoms with E-state index in [0.29, 0.717) is 11.3 Å². The normalized spacial score (nSPS) is 11.5. The second-order valence-electron chi connectivity index (χ2n) is 4.02. The van der Waals surface area contributed by atoms with Crippen LogP contribution < -0.4 is 15.8 Å². The van der Waals surface area contributed by atoms with Crippen molar-refractivity contribution >= 4 is 5.91 Å². The molecule has 0 unspecified atom stereocenters. The molecule has 0 fully saturated rings. The Balaban J connectivity index is 2.58. The highest BCUT2D eigenvalue weighted by Gasteiger charge is 2.11. The van der Waals surface area contributed by atoms with Crippen LogP contribution in [0.2, 0.25) is 0 Å². The van der Waals surface area contributed by atoms with Crippen molar-refractivity contribution in [3.8, 4) is 11.8 Å². The third-order valence-corrected chi connectivity index (χ3v) is 2.38. The lowest BCUT2D eigenvalue weighted by atomic mass is 10.1. The summed E-state index contributed by atoms with van der Waals surface area (Å²) in [5.41, 5.74) is 6.21. The van der Waals surface area contributed by atoms with Gasteiger partial charge in [-0.05, 0) is 25.1 Å². The van der Waals surface area contributed by atoms with Crippen molar-refractivity contribution in [2.45, 2.75) is 19.4 Å². The SMILES string of the molecule is C[C@H](N)c1cc(F)ccc1OCC(=O)NCCC#N. The molecule has 0 radical (unpaired) electrons. The maximum Gasteiger partial charge on any atom is 0.257 e. The summed E-state index contributed by atoms with van der Waals surface area (Å²) < 4.78 is 18.4. The topological polar surface area (TPSA) is 88.1 Å². The number of nitriles is 1. The van der Waals surface area contributed by atoms with Crippen molar-refractivity contribution in [1.82, 2.24) is 5.32 Å². The van der Waals surface area contributed by atoms with Gasteiger partial charge in [0, 0.05) is 18.2 Å². The first-order valence-corrected chi connectivity index (χ1v) is 5.86. The summed E-state index contributed by atoms with van der Waals surface area (Å²) in [5.74, 6) is -0.361. The number of benzene rings is 1. The summed E-state index contributed by atoms with van der Waals surface area (Å²) >= 11 is 0. The summed E-state index contributed by atoms with van der Waals surface area (Å²) in [4.78, 5) is 11.4. The zero-order valence-corrected chi connectivity index (χ0v) is 10.6. The van der Waals surface area contributed by atoms with Gasteiger partial charge in [-0.1, -0.05) is 0 Å². The van der Waals surface area contributed by atoms with Crippen LogP contribution in [-0.2, 0) is 4.79 Å². The maximum atomic E-state index is 13.1. The minimum absolute atomic E-state index is 0.198. The number of nitrogens with zero attached hydrogens (tertiary/aromatic N) is 1. The lowest BCUT2D eigenvalue weighted by molar-refractivity contribution is -0.123. The van der Waals surface area contributed by atoms with Crippen LogP contribution in [0.4, 0.5) is 4.39 Å². The first-order chi connectivity index (χ1) is 9.04. The monoisotopic (exact) mass is 265 g/mol. The van der Waals surface area contributed by atoms with Crippen molar-refractivity contribution in [3.05, 3.63) is 29.6 Å². The first-order valence-electron chi connectivity index (χ1n) is 5.86. The summed E-state index contributed by atoms with van der Waals surface area (Å²) in [6.45, 7) is 1.79. The lowest BCUT2D eigenvalue weighted by Crippen LogP contribution is -2.29. The van der Waals surface area contributed by atoms with E-state index in [2.05, 4.69) is 5.32 Å². The summed E-state index contributed by atoms with van der Waals surface area (Å²) in [7, 11) is 0. The fourth-order valence-corrected chi connectivity index (χ4v) is 1.46. The molecule has 0 bridgehead atoms. The number of amides is 1. The molecule has 0 spiro atoms. The highest BCUT2D eigenvalue weighted by Crippen LogP contribution is 2.24. The van der Waals surface area contributed by atoms with Crippen LogP contribution in [0, 0.1) is 17.1 Å². The average Bonchev–Trinajstić information content (AvgIpc) is 2.37. The summed E-state index contributed by atoms with van der Waals surface area (Å²) in [6, 6.07) is 5.49. The predicted octanol–water partition coefficient (Wildman–Crippen LogP) is 1.25. The van der Waals surface area contributed by atoms with E-state index in [1.807, 2.05) is 6.07 Å². The minimum Gasteiger partial charge on any atom is -0.483 e. The molecule has 1 rings (SSSR count). The third kappa shape index (κ3) is 4.94. The number of nitrogens with one attached hydrogen (secondary N) is 1. The zero-order valence-electron chi connectivity index (χ0n) is 10.6. The van der Waals surface area contributed by atoms with Gasteiger partial charge in [-0.3, -0.25) is 4.79 Å². The first kappa shape index (κ1) is 14.9. The van der Waals surface area contributed by atoms with Gasteiger partial charge in [0.1, 0.15) is 11.6 Å². The van der Waals surface area contributed by atoms with Crippen LogP contribution in [0.1, 0.15) is 24.9 Å². The Morgan fingerprint density at radius 2 is 2.37 bits per heavy atom. The van der Waals surface area contributed by atoms with Crippen molar-refractivity contribution in [3.63, 3.8) is 0 Å². The molecular formula is C13H16FN3O2. The van der Waals surface area contributed by atoms with Gasteiger partial charge in [0.2, 0.25) is 0 Å². The highest BCUT2D eigenvalue weighted by atomic mass is 19.1. The van der Waals surface area contributed by atoms with Crippen LogP contribution in [0.3, 0.4) is 0 Å². The van der Waals surface area contributed by atoms with E-state index in [9.17, 15) is 9.18 Å². The molecule has 0 aliphatic rings. The van der Waals surface area contributed by atoms with Crippen LogP contribution in [0.15, 0.2) is 18.2 Å². The van der Waals surface area contributed by atoms with Gasteiger partial charge >= 0.3 is 0 Å². The van der Waals surface area contributed by atoms with Crippen molar-refractivity contribution in [2.75, 3.05) is 13.2 Å². The molecule has 1 aromatic carbocycles. The number of ether oxygens (including phenoxy) is 1. The summed E-state index contributed by atoms with van der Waals surface area (Å²) in [5, 5.41) is 10.9. The van der Waals surface area contributed by atoms with Crippen LogP contribution >= 0.6 is 0 Å². The van der Waals surface area contributed by atoms with Gasteiger partial charge in [0.15, 0.2) is 6.61 Å². The zero-order chi connectivity index (χ0) is 14.3. The van der Waals surface area contributed by atoms with Gasteiger partial charge in [-0.25, -0.2) is 4.39 Å². The number of nitrogens with two attached hydrogens (primary N) is 1. The number of halogens is 1.